The Morgan fingerprint density at radius 2 is 2.07 bits per heavy atom. The molecule has 1 aromatic carbocycles. The van der Waals surface area contributed by atoms with Crippen LogP contribution in [0.25, 0.3) is 10.1 Å². The molecule has 1 aliphatic heterocycles. The van der Waals surface area contributed by atoms with Crippen LogP contribution in [0.4, 0.5) is 0 Å². The second-order valence-electron chi connectivity index (χ2n) is 7.72. The molecular weight excluding hydrogens is 372 g/mol. The van der Waals surface area contributed by atoms with Gasteiger partial charge in [-0.15, -0.1) is 11.3 Å². The van der Waals surface area contributed by atoms with Gasteiger partial charge in [0.15, 0.2) is 0 Å². The summed E-state index contributed by atoms with van der Waals surface area (Å²) in [5.41, 5.74) is 1.08. The van der Waals surface area contributed by atoms with E-state index in [9.17, 15) is 9.59 Å². The van der Waals surface area contributed by atoms with Gasteiger partial charge < -0.3 is 15.0 Å². The molecule has 2 heterocycles. The molecule has 1 aromatic heterocycles. The van der Waals surface area contributed by atoms with Crippen LogP contribution in [-0.2, 0) is 16.0 Å². The molecule has 0 bridgehead atoms. The highest BCUT2D eigenvalue weighted by Crippen LogP contribution is 2.34. The van der Waals surface area contributed by atoms with Crippen LogP contribution in [0.5, 0.6) is 0 Å². The van der Waals surface area contributed by atoms with Crippen molar-refractivity contribution in [1.82, 2.24) is 10.2 Å². The highest BCUT2D eigenvalue weighted by Gasteiger charge is 2.29. The lowest BCUT2D eigenvalue weighted by atomic mass is 9.93. The molecule has 1 fully saturated rings. The number of carbonyl (C=O) groups excluding carboxylic acids is 2. The molecular formula is C22H30N2O3S. The fraction of sp³-hybridized carbons (Fsp3) is 0.545. The van der Waals surface area contributed by atoms with Gasteiger partial charge >= 0.3 is 0 Å². The number of carbonyl (C=O) groups is 2. The number of thiophene rings is 1. The van der Waals surface area contributed by atoms with E-state index in [0.717, 1.165) is 52.8 Å². The number of benzene rings is 1. The first kappa shape index (κ1) is 20.8. The molecule has 1 aliphatic rings. The maximum atomic E-state index is 12.8. The number of ether oxygens (including phenoxy) is 1. The van der Waals surface area contributed by atoms with Crippen molar-refractivity contribution in [1.29, 1.82) is 0 Å². The zero-order chi connectivity index (χ0) is 20.1. The number of nitrogens with zero attached hydrogens (tertiary/aromatic N) is 1. The highest BCUT2D eigenvalue weighted by molar-refractivity contribution is 7.21. The molecule has 0 aliphatic carbocycles. The molecule has 2 amide bonds. The minimum absolute atomic E-state index is 0.0146. The van der Waals surface area contributed by atoms with E-state index < -0.39 is 0 Å². The molecule has 1 N–H and O–H groups in total. The minimum atomic E-state index is -0.0146. The summed E-state index contributed by atoms with van der Waals surface area (Å²) < 4.78 is 6.22. The summed E-state index contributed by atoms with van der Waals surface area (Å²) in [7, 11) is 1.62. The van der Waals surface area contributed by atoms with Crippen LogP contribution in [0.1, 0.15) is 54.8 Å². The van der Waals surface area contributed by atoms with Crippen molar-refractivity contribution in [3.63, 3.8) is 0 Å². The first-order chi connectivity index (χ1) is 13.5. The van der Waals surface area contributed by atoms with Gasteiger partial charge in [-0.2, -0.15) is 0 Å². The number of amides is 2. The largest absolute Gasteiger partial charge is 0.384 e. The van der Waals surface area contributed by atoms with E-state index in [1.807, 2.05) is 30.9 Å². The molecule has 28 heavy (non-hydrogen) atoms. The maximum Gasteiger partial charge on any atom is 0.261 e. The van der Waals surface area contributed by atoms with E-state index in [-0.39, 0.29) is 23.9 Å². The number of piperidine rings is 1. The van der Waals surface area contributed by atoms with Crippen LogP contribution in [0.2, 0.25) is 0 Å². The van der Waals surface area contributed by atoms with Gasteiger partial charge in [0, 0.05) is 30.4 Å². The fourth-order valence-corrected chi connectivity index (χ4v) is 5.06. The summed E-state index contributed by atoms with van der Waals surface area (Å²) in [5.74, 6) is 0.138. The van der Waals surface area contributed by atoms with Crippen molar-refractivity contribution < 1.29 is 14.3 Å². The minimum Gasteiger partial charge on any atom is -0.384 e. The maximum absolute atomic E-state index is 12.8. The SMILES string of the molecule is COCCC(=O)N1CCCC[C@@H]1Cc1c(C(=O)NC(C)C)sc2ccccc12. The predicted molar refractivity (Wildman–Crippen MR) is 114 cm³/mol. The summed E-state index contributed by atoms with van der Waals surface area (Å²) in [5, 5.41) is 4.17. The van der Waals surface area contributed by atoms with Crippen molar-refractivity contribution in [2.24, 2.45) is 0 Å². The van der Waals surface area contributed by atoms with Crippen molar-refractivity contribution in [3.8, 4) is 0 Å². The Kier molecular flexibility index (Phi) is 7.08. The van der Waals surface area contributed by atoms with Crippen LogP contribution in [0.3, 0.4) is 0 Å². The van der Waals surface area contributed by atoms with Crippen molar-refractivity contribution in [3.05, 3.63) is 34.7 Å². The van der Waals surface area contributed by atoms with E-state index in [1.54, 1.807) is 18.4 Å². The zero-order valence-corrected chi connectivity index (χ0v) is 17.8. The topological polar surface area (TPSA) is 58.6 Å². The number of hydrogen-bond donors (Lipinski definition) is 1. The normalized spacial score (nSPS) is 17.3. The molecule has 2 aromatic rings. The Bertz CT molecular complexity index is 830. The van der Waals surface area contributed by atoms with E-state index in [0.29, 0.717) is 13.0 Å². The molecule has 152 valence electrons. The molecule has 0 radical (unpaired) electrons. The van der Waals surface area contributed by atoms with Gasteiger partial charge in [0.2, 0.25) is 5.91 Å². The van der Waals surface area contributed by atoms with Gasteiger partial charge in [-0.1, -0.05) is 18.2 Å². The second-order valence-corrected chi connectivity index (χ2v) is 8.77. The Labute approximate surface area is 171 Å². The first-order valence-corrected chi connectivity index (χ1v) is 10.9. The summed E-state index contributed by atoms with van der Waals surface area (Å²) in [6.45, 7) is 5.19. The van der Waals surface area contributed by atoms with Crippen molar-refractivity contribution in [2.75, 3.05) is 20.3 Å². The number of likely N-dealkylation sites (tertiary alicyclic amines) is 1. The second kappa shape index (κ2) is 9.52. The van der Waals surface area contributed by atoms with Gasteiger partial charge in [0.1, 0.15) is 0 Å². The molecule has 1 atom stereocenters. The van der Waals surface area contributed by atoms with E-state index in [2.05, 4.69) is 17.4 Å². The van der Waals surface area contributed by atoms with Gasteiger partial charge in [0.05, 0.1) is 17.9 Å². The lowest BCUT2D eigenvalue weighted by Crippen LogP contribution is -2.45. The van der Waals surface area contributed by atoms with Gasteiger partial charge in [-0.3, -0.25) is 9.59 Å². The Hall–Kier alpha value is -1.92. The average Bonchev–Trinajstić information content (AvgIpc) is 3.05. The molecule has 6 heteroatoms. The fourth-order valence-electron chi connectivity index (χ4n) is 3.92. The van der Waals surface area contributed by atoms with Crippen LogP contribution >= 0.6 is 11.3 Å². The van der Waals surface area contributed by atoms with Gasteiger partial charge in [-0.05, 0) is 56.5 Å². The zero-order valence-electron chi connectivity index (χ0n) is 17.0. The smallest absolute Gasteiger partial charge is 0.261 e. The third kappa shape index (κ3) is 4.73. The van der Waals surface area contributed by atoms with Crippen LogP contribution in [0.15, 0.2) is 24.3 Å². The summed E-state index contributed by atoms with van der Waals surface area (Å²) in [6, 6.07) is 8.42. The van der Waals surface area contributed by atoms with E-state index in [4.69, 9.17) is 4.74 Å². The Morgan fingerprint density at radius 1 is 1.29 bits per heavy atom. The average molecular weight is 403 g/mol. The van der Waals surface area contributed by atoms with Crippen LogP contribution < -0.4 is 5.32 Å². The molecule has 1 saturated heterocycles. The lowest BCUT2D eigenvalue weighted by molar-refractivity contribution is -0.135. The molecule has 5 nitrogen and oxygen atoms in total. The first-order valence-electron chi connectivity index (χ1n) is 10.1. The molecule has 0 saturated carbocycles. The highest BCUT2D eigenvalue weighted by atomic mass is 32.1. The summed E-state index contributed by atoms with van der Waals surface area (Å²) >= 11 is 1.55. The van der Waals surface area contributed by atoms with E-state index >= 15 is 0 Å². The standard InChI is InChI=1S/C22H30N2O3S/c1-15(2)23-22(26)21-18(17-9-4-5-10-19(17)28-21)14-16-8-6-7-12-24(16)20(25)11-13-27-3/h4-5,9-10,15-16H,6-8,11-14H2,1-3H3,(H,23,26)/t16-/m1/s1. The van der Waals surface area contributed by atoms with Gasteiger partial charge in [-0.25, -0.2) is 0 Å². The monoisotopic (exact) mass is 402 g/mol. The van der Waals surface area contributed by atoms with E-state index in [1.165, 1.54) is 0 Å². The van der Waals surface area contributed by atoms with Crippen LogP contribution in [0, 0.1) is 0 Å². The predicted octanol–water partition coefficient (Wildman–Crippen LogP) is 4.00. The molecule has 3 rings (SSSR count). The third-order valence-corrected chi connectivity index (χ3v) is 6.44. The third-order valence-electron chi connectivity index (χ3n) is 5.23. The Morgan fingerprint density at radius 3 is 2.82 bits per heavy atom. The number of fused-ring (bicyclic) bond motifs is 1. The summed E-state index contributed by atoms with van der Waals surface area (Å²) in [4.78, 5) is 28.3. The number of hydrogen-bond acceptors (Lipinski definition) is 4. The molecule has 0 spiro atoms. The molecule has 0 unspecified atom stereocenters. The van der Waals surface area contributed by atoms with Crippen molar-refractivity contribution >= 4 is 33.2 Å². The lowest BCUT2D eigenvalue weighted by Gasteiger charge is -2.36. The Balaban J connectivity index is 1.90. The van der Waals surface area contributed by atoms with Gasteiger partial charge in [0.25, 0.3) is 5.91 Å². The van der Waals surface area contributed by atoms with Crippen molar-refractivity contribution in [2.45, 2.75) is 58.0 Å². The number of rotatable bonds is 7. The quantitative estimate of drug-likeness (QED) is 0.762. The van der Waals surface area contributed by atoms with Crippen LogP contribution in [-0.4, -0.2) is 49.1 Å². The summed E-state index contributed by atoms with van der Waals surface area (Å²) in [6.07, 6.45) is 4.28. The number of methoxy groups -OCH3 is 1. The number of nitrogens with one attached hydrogen (secondary N) is 1.